The third kappa shape index (κ3) is 3.13. The number of ether oxygens (including phenoxy) is 1. The number of sulfonamides is 1. The Morgan fingerprint density at radius 1 is 1.33 bits per heavy atom. The van der Waals surface area contributed by atoms with Crippen LogP contribution in [0.3, 0.4) is 0 Å². The molecular formula is C12H13F2NO5S. The minimum Gasteiger partial charge on any atom is -0.494 e. The standard InChI is InChI=1S/C12H13F2NO5S/c1-20-10-4-9(14)11(5-8(10)13)21(18,19)15-7-2-6(3-7)12(16)17/h4-7,15H,2-3H2,1H3,(H,16,17). The zero-order valence-corrected chi connectivity index (χ0v) is 11.8. The van der Waals surface area contributed by atoms with Gasteiger partial charge >= 0.3 is 5.97 Å². The van der Waals surface area contributed by atoms with Gasteiger partial charge in [-0.15, -0.1) is 0 Å². The molecule has 0 saturated heterocycles. The molecule has 0 radical (unpaired) electrons. The number of hydrogen-bond donors (Lipinski definition) is 2. The average Bonchev–Trinajstić information content (AvgIpc) is 2.35. The van der Waals surface area contributed by atoms with Gasteiger partial charge in [-0.3, -0.25) is 4.79 Å². The van der Waals surface area contributed by atoms with Gasteiger partial charge in [-0.25, -0.2) is 21.9 Å². The van der Waals surface area contributed by atoms with Crippen LogP contribution in [0.1, 0.15) is 12.8 Å². The highest BCUT2D eigenvalue weighted by atomic mass is 32.2. The Morgan fingerprint density at radius 3 is 2.48 bits per heavy atom. The highest BCUT2D eigenvalue weighted by Crippen LogP contribution is 2.30. The van der Waals surface area contributed by atoms with E-state index in [1.165, 1.54) is 0 Å². The van der Waals surface area contributed by atoms with Crippen LogP contribution in [0.25, 0.3) is 0 Å². The Bertz CT molecular complexity index is 670. The molecule has 0 aliphatic heterocycles. The smallest absolute Gasteiger partial charge is 0.306 e. The van der Waals surface area contributed by atoms with E-state index in [0.29, 0.717) is 12.1 Å². The van der Waals surface area contributed by atoms with Crippen molar-refractivity contribution in [1.82, 2.24) is 4.72 Å². The monoisotopic (exact) mass is 321 g/mol. The van der Waals surface area contributed by atoms with Gasteiger partial charge in [0, 0.05) is 18.2 Å². The normalized spacial score (nSPS) is 21.7. The Kier molecular flexibility index (Phi) is 4.15. The molecule has 0 aromatic heterocycles. The van der Waals surface area contributed by atoms with Gasteiger partial charge in [-0.1, -0.05) is 0 Å². The molecule has 0 heterocycles. The molecule has 0 amide bonds. The van der Waals surface area contributed by atoms with E-state index in [9.17, 15) is 22.0 Å². The first kappa shape index (κ1) is 15.6. The Balaban J connectivity index is 2.17. The maximum absolute atomic E-state index is 13.7. The summed E-state index contributed by atoms with van der Waals surface area (Å²) in [4.78, 5) is 9.80. The summed E-state index contributed by atoms with van der Waals surface area (Å²) in [6.07, 6.45) is 0.240. The second-order valence-electron chi connectivity index (χ2n) is 4.74. The molecule has 1 aliphatic rings. The fourth-order valence-electron chi connectivity index (χ4n) is 2.07. The van der Waals surface area contributed by atoms with Crippen molar-refractivity contribution in [2.45, 2.75) is 23.8 Å². The topological polar surface area (TPSA) is 92.7 Å². The van der Waals surface area contributed by atoms with Crippen molar-refractivity contribution < 1.29 is 31.8 Å². The SMILES string of the molecule is COc1cc(F)c(S(=O)(=O)NC2CC(C(=O)O)C2)cc1F. The maximum atomic E-state index is 13.7. The number of halogens is 2. The maximum Gasteiger partial charge on any atom is 0.306 e. The summed E-state index contributed by atoms with van der Waals surface area (Å²) in [6, 6.07) is 0.579. The molecule has 0 unspecified atom stereocenters. The van der Waals surface area contributed by atoms with Gasteiger partial charge in [0.2, 0.25) is 10.0 Å². The average molecular weight is 321 g/mol. The predicted octanol–water partition coefficient (Wildman–Crippen LogP) is 1.11. The lowest BCUT2D eigenvalue weighted by Gasteiger charge is -2.32. The quantitative estimate of drug-likeness (QED) is 0.847. The zero-order chi connectivity index (χ0) is 15.8. The molecular weight excluding hydrogens is 308 g/mol. The fraction of sp³-hybridized carbons (Fsp3) is 0.417. The van der Waals surface area contributed by atoms with E-state index in [2.05, 4.69) is 9.46 Å². The van der Waals surface area contributed by atoms with Crippen molar-refractivity contribution in [2.24, 2.45) is 5.92 Å². The first-order valence-electron chi connectivity index (χ1n) is 6.02. The molecule has 1 aromatic rings. The Morgan fingerprint density at radius 2 is 1.95 bits per heavy atom. The van der Waals surface area contributed by atoms with Crippen LogP contribution in [-0.2, 0) is 14.8 Å². The lowest BCUT2D eigenvalue weighted by atomic mass is 9.81. The zero-order valence-electron chi connectivity index (χ0n) is 11.0. The van der Waals surface area contributed by atoms with Crippen molar-refractivity contribution in [3.05, 3.63) is 23.8 Å². The lowest BCUT2D eigenvalue weighted by molar-refractivity contribution is -0.145. The van der Waals surface area contributed by atoms with Gasteiger partial charge < -0.3 is 9.84 Å². The summed E-state index contributed by atoms with van der Waals surface area (Å²) in [6.45, 7) is 0. The van der Waals surface area contributed by atoms with Gasteiger partial charge in [0.05, 0.1) is 13.0 Å². The third-order valence-corrected chi connectivity index (χ3v) is 4.84. The van der Waals surface area contributed by atoms with Crippen LogP contribution in [0.2, 0.25) is 0 Å². The molecule has 2 rings (SSSR count). The van der Waals surface area contributed by atoms with Crippen LogP contribution in [0.5, 0.6) is 5.75 Å². The Hall–Kier alpha value is -1.74. The molecule has 21 heavy (non-hydrogen) atoms. The molecule has 2 N–H and O–H groups in total. The summed E-state index contributed by atoms with van der Waals surface area (Å²) < 4.78 is 57.9. The molecule has 9 heteroatoms. The second-order valence-corrected chi connectivity index (χ2v) is 6.42. The molecule has 116 valence electrons. The lowest BCUT2D eigenvalue weighted by Crippen LogP contribution is -2.46. The van der Waals surface area contributed by atoms with Gasteiger partial charge in [0.25, 0.3) is 0 Å². The highest BCUT2D eigenvalue weighted by molar-refractivity contribution is 7.89. The fourth-order valence-corrected chi connectivity index (χ4v) is 3.40. The molecule has 0 bridgehead atoms. The van der Waals surface area contributed by atoms with Crippen LogP contribution < -0.4 is 9.46 Å². The molecule has 1 aromatic carbocycles. The number of benzene rings is 1. The van der Waals surface area contributed by atoms with E-state index >= 15 is 0 Å². The number of aliphatic carboxylic acids is 1. The molecule has 1 aliphatic carbocycles. The van der Waals surface area contributed by atoms with Crippen molar-refractivity contribution in [2.75, 3.05) is 7.11 Å². The van der Waals surface area contributed by atoms with E-state index < -0.39 is 50.2 Å². The van der Waals surface area contributed by atoms with E-state index in [-0.39, 0.29) is 12.8 Å². The first-order chi connectivity index (χ1) is 9.74. The van der Waals surface area contributed by atoms with Crippen LogP contribution in [-0.4, -0.2) is 32.6 Å². The number of methoxy groups -OCH3 is 1. The molecule has 0 spiro atoms. The van der Waals surface area contributed by atoms with Crippen molar-refractivity contribution in [3.63, 3.8) is 0 Å². The predicted molar refractivity (Wildman–Crippen MR) is 67.4 cm³/mol. The first-order valence-corrected chi connectivity index (χ1v) is 7.51. The van der Waals surface area contributed by atoms with Crippen LogP contribution in [0.4, 0.5) is 8.78 Å². The minimum absolute atomic E-state index is 0.120. The second kappa shape index (κ2) is 5.57. The number of nitrogens with one attached hydrogen (secondary N) is 1. The van der Waals surface area contributed by atoms with Crippen LogP contribution in [0.15, 0.2) is 17.0 Å². The molecule has 0 atom stereocenters. The number of carbonyl (C=O) groups is 1. The van der Waals surface area contributed by atoms with Gasteiger partial charge in [-0.2, -0.15) is 0 Å². The van der Waals surface area contributed by atoms with Crippen LogP contribution in [0, 0.1) is 17.6 Å². The van der Waals surface area contributed by atoms with Gasteiger partial charge in [-0.05, 0) is 12.8 Å². The van der Waals surface area contributed by atoms with Crippen molar-refractivity contribution >= 4 is 16.0 Å². The summed E-state index contributed by atoms with van der Waals surface area (Å²) >= 11 is 0. The highest BCUT2D eigenvalue weighted by Gasteiger charge is 2.37. The van der Waals surface area contributed by atoms with E-state index in [0.717, 1.165) is 7.11 Å². The summed E-state index contributed by atoms with van der Waals surface area (Å²) in [5.74, 6) is -4.17. The molecule has 6 nitrogen and oxygen atoms in total. The van der Waals surface area contributed by atoms with Crippen molar-refractivity contribution in [3.8, 4) is 5.75 Å². The summed E-state index contributed by atoms with van der Waals surface area (Å²) in [7, 11) is -3.13. The minimum atomic E-state index is -4.26. The third-order valence-electron chi connectivity index (χ3n) is 3.30. The van der Waals surface area contributed by atoms with Crippen molar-refractivity contribution in [1.29, 1.82) is 0 Å². The van der Waals surface area contributed by atoms with Crippen LogP contribution >= 0.6 is 0 Å². The van der Waals surface area contributed by atoms with E-state index in [1.807, 2.05) is 0 Å². The van der Waals surface area contributed by atoms with E-state index in [4.69, 9.17) is 5.11 Å². The number of rotatable bonds is 5. The van der Waals surface area contributed by atoms with E-state index in [1.54, 1.807) is 0 Å². The molecule has 1 saturated carbocycles. The number of carboxylic acids is 1. The summed E-state index contributed by atoms with van der Waals surface area (Å²) in [5, 5.41) is 8.70. The Labute approximate surface area is 119 Å². The number of hydrogen-bond acceptors (Lipinski definition) is 4. The summed E-state index contributed by atoms with van der Waals surface area (Å²) in [5.41, 5.74) is 0. The molecule has 1 fully saturated rings. The number of carboxylic acid groups (broad SMARTS) is 1. The largest absolute Gasteiger partial charge is 0.494 e. The van der Waals surface area contributed by atoms with Gasteiger partial charge in [0.15, 0.2) is 11.6 Å². The van der Waals surface area contributed by atoms with Gasteiger partial charge in [0.1, 0.15) is 10.7 Å².